The minimum absolute atomic E-state index is 0.0475. The Balaban J connectivity index is 1.89. The highest BCUT2D eigenvalue weighted by Crippen LogP contribution is 2.29. The fourth-order valence-electron chi connectivity index (χ4n) is 3.04. The smallest absolute Gasteiger partial charge is 0.258 e. The van der Waals surface area contributed by atoms with Crippen molar-refractivity contribution in [1.29, 1.82) is 0 Å². The average Bonchev–Trinajstić information content (AvgIpc) is 3.21. The van der Waals surface area contributed by atoms with E-state index in [4.69, 9.17) is 0 Å². The van der Waals surface area contributed by atoms with E-state index in [1.54, 1.807) is 60.7 Å². The van der Waals surface area contributed by atoms with Crippen LogP contribution in [0.1, 0.15) is 5.56 Å². The van der Waals surface area contributed by atoms with Crippen molar-refractivity contribution in [3.8, 4) is 22.6 Å². The third-order valence-electron chi connectivity index (χ3n) is 4.66. The zero-order valence-corrected chi connectivity index (χ0v) is 16.8. The molecule has 0 spiro atoms. The number of hydrogen-bond donors (Lipinski definition) is 0. The van der Waals surface area contributed by atoms with Gasteiger partial charge < -0.3 is 0 Å². The summed E-state index contributed by atoms with van der Waals surface area (Å²) in [6, 6.07) is 21.4. The molecule has 1 aromatic heterocycles. The van der Waals surface area contributed by atoms with E-state index in [9.17, 15) is 18.5 Å². The Kier molecular flexibility index (Phi) is 4.93. The first-order chi connectivity index (χ1) is 14.4. The van der Waals surface area contributed by atoms with Crippen LogP contribution in [0, 0.1) is 17.0 Å². The van der Waals surface area contributed by atoms with Crippen molar-refractivity contribution in [2.45, 2.75) is 11.8 Å². The van der Waals surface area contributed by atoms with Crippen LogP contribution >= 0.6 is 0 Å². The first-order valence-corrected chi connectivity index (χ1v) is 10.5. The zero-order valence-electron chi connectivity index (χ0n) is 16.0. The minimum atomic E-state index is -3.90. The molecule has 150 valence electrons. The molecular formula is C22H17N3O4S. The van der Waals surface area contributed by atoms with Crippen LogP contribution in [0.2, 0.25) is 0 Å². The molecule has 4 aromatic rings. The summed E-state index contributed by atoms with van der Waals surface area (Å²) in [5.74, 6) is 0.268. The number of nitro benzene ring substituents is 1. The van der Waals surface area contributed by atoms with Crippen LogP contribution in [0.25, 0.3) is 22.6 Å². The van der Waals surface area contributed by atoms with E-state index in [0.29, 0.717) is 16.8 Å². The SMILES string of the molecule is Cc1ccc(S(=O)(=O)n2cc(-c3ccc([N+](=O)[O-])cc3)nc2-c2ccccc2)cc1. The highest BCUT2D eigenvalue weighted by Gasteiger charge is 2.23. The van der Waals surface area contributed by atoms with Crippen molar-refractivity contribution in [3.05, 3.63) is 101 Å². The van der Waals surface area contributed by atoms with Gasteiger partial charge in [0.05, 0.1) is 15.5 Å². The molecule has 1 heterocycles. The van der Waals surface area contributed by atoms with Crippen molar-refractivity contribution in [1.82, 2.24) is 8.96 Å². The van der Waals surface area contributed by atoms with Crippen molar-refractivity contribution < 1.29 is 13.3 Å². The van der Waals surface area contributed by atoms with E-state index in [2.05, 4.69) is 4.98 Å². The lowest BCUT2D eigenvalue weighted by Gasteiger charge is -2.09. The molecule has 3 aromatic carbocycles. The Hall–Kier alpha value is -3.78. The maximum atomic E-state index is 13.4. The van der Waals surface area contributed by atoms with Gasteiger partial charge in [-0.05, 0) is 31.2 Å². The van der Waals surface area contributed by atoms with E-state index >= 15 is 0 Å². The summed E-state index contributed by atoms with van der Waals surface area (Å²) in [4.78, 5) is 15.1. The third-order valence-corrected chi connectivity index (χ3v) is 6.32. The molecule has 0 saturated carbocycles. The van der Waals surface area contributed by atoms with Gasteiger partial charge in [-0.2, -0.15) is 0 Å². The number of benzene rings is 3. The summed E-state index contributed by atoms with van der Waals surface area (Å²) in [6.45, 7) is 1.88. The molecule has 0 amide bonds. The Labute approximate surface area is 173 Å². The van der Waals surface area contributed by atoms with Crippen molar-refractivity contribution in [2.24, 2.45) is 0 Å². The van der Waals surface area contributed by atoms with E-state index in [0.717, 1.165) is 9.54 Å². The Morgan fingerprint density at radius 3 is 2.10 bits per heavy atom. The number of hydrogen-bond acceptors (Lipinski definition) is 5. The van der Waals surface area contributed by atoms with Gasteiger partial charge in [0.15, 0.2) is 5.82 Å². The van der Waals surface area contributed by atoms with Crippen molar-refractivity contribution >= 4 is 15.7 Å². The quantitative estimate of drug-likeness (QED) is 0.346. The van der Waals surface area contributed by atoms with E-state index in [-0.39, 0.29) is 16.4 Å². The fourth-order valence-corrected chi connectivity index (χ4v) is 4.36. The number of rotatable bonds is 5. The summed E-state index contributed by atoms with van der Waals surface area (Å²) >= 11 is 0. The topological polar surface area (TPSA) is 95.1 Å². The number of non-ortho nitro benzene ring substituents is 1. The molecule has 0 radical (unpaired) electrons. The van der Waals surface area contributed by atoms with Crippen LogP contribution in [0.3, 0.4) is 0 Å². The number of imidazole rings is 1. The maximum Gasteiger partial charge on any atom is 0.269 e. The Bertz CT molecular complexity index is 1310. The van der Waals surface area contributed by atoms with Crippen molar-refractivity contribution in [2.75, 3.05) is 0 Å². The van der Waals surface area contributed by atoms with Crippen LogP contribution < -0.4 is 0 Å². The lowest BCUT2D eigenvalue weighted by molar-refractivity contribution is -0.384. The highest BCUT2D eigenvalue weighted by atomic mass is 32.2. The van der Waals surface area contributed by atoms with Crippen LogP contribution in [-0.2, 0) is 10.0 Å². The lowest BCUT2D eigenvalue weighted by atomic mass is 10.1. The van der Waals surface area contributed by atoms with E-state index in [1.165, 1.54) is 18.3 Å². The predicted molar refractivity (Wildman–Crippen MR) is 114 cm³/mol. The first kappa shape index (κ1) is 19.5. The molecule has 0 fully saturated rings. The largest absolute Gasteiger partial charge is 0.269 e. The maximum absolute atomic E-state index is 13.4. The molecule has 0 aliphatic heterocycles. The molecule has 0 saturated heterocycles. The number of aryl methyl sites for hydroxylation is 1. The second kappa shape index (κ2) is 7.57. The fraction of sp³-hybridized carbons (Fsp3) is 0.0455. The number of aromatic nitrogens is 2. The van der Waals surface area contributed by atoms with Gasteiger partial charge in [0, 0.05) is 29.5 Å². The molecule has 0 unspecified atom stereocenters. The molecule has 0 aliphatic rings. The molecule has 4 rings (SSSR count). The van der Waals surface area contributed by atoms with Gasteiger partial charge in [0.2, 0.25) is 0 Å². The normalized spacial score (nSPS) is 11.4. The van der Waals surface area contributed by atoms with Crippen molar-refractivity contribution in [3.63, 3.8) is 0 Å². The van der Waals surface area contributed by atoms with Gasteiger partial charge in [0.25, 0.3) is 15.7 Å². The molecule has 0 atom stereocenters. The second-order valence-electron chi connectivity index (χ2n) is 6.73. The second-order valence-corrected chi connectivity index (χ2v) is 8.55. The molecule has 0 aliphatic carbocycles. The number of nitro groups is 1. The van der Waals surface area contributed by atoms with Crippen LogP contribution in [0.15, 0.2) is 90.0 Å². The van der Waals surface area contributed by atoms with E-state index in [1.807, 2.05) is 13.0 Å². The van der Waals surface area contributed by atoms with Gasteiger partial charge in [0.1, 0.15) is 0 Å². The molecule has 8 heteroatoms. The van der Waals surface area contributed by atoms with Crippen LogP contribution in [-0.4, -0.2) is 22.3 Å². The minimum Gasteiger partial charge on any atom is -0.258 e. The van der Waals surface area contributed by atoms with Gasteiger partial charge in [-0.3, -0.25) is 10.1 Å². The van der Waals surface area contributed by atoms with Gasteiger partial charge in [-0.15, -0.1) is 0 Å². The molecule has 0 N–H and O–H groups in total. The summed E-state index contributed by atoms with van der Waals surface area (Å²) in [5, 5.41) is 10.9. The summed E-state index contributed by atoms with van der Waals surface area (Å²) in [5.41, 5.74) is 2.53. The lowest BCUT2D eigenvalue weighted by Crippen LogP contribution is -2.13. The molecular weight excluding hydrogens is 402 g/mol. The average molecular weight is 419 g/mol. The summed E-state index contributed by atoms with van der Waals surface area (Å²) in [6.07, 6.45) is 1.44. The van der Waals surface area contributed by atoms with Gasteiger partial charge >= 0.3 is 0 Å². The Morgan fingerprint density at radius 1 is 0.867 bits per heavy atom. The standard InChI is InChI=1S/C22H17N3O4S/c1-16-7-13-20(14-8-16)30(28,29)24-15-21(17-9-11-19(12-10-17)25(26)27)23-22(24)18-5-3-2-4-6-18/h2-15H,1H3. The predicted octanol–water partition coefficient (Wildman–Crippen LogP) is 4.67. The summed E-state index contributed by atoms with van der Waals surface area (Å²) in [7, 11) is -3.90. The molecule has 0 bridgehead atoms. The van der Waals surface area contributed by atoms with Crippen LogP contribution in [0.5, 0.6) is 0 Å². The van der Waals surface area contributed by atoms with Gasteiger partial charge in [-0.1, -0.05) is 48.0 Å². The van der Waals surface area contributed by atoms with Crippen LogP contribution in [0.4, 0.5) is 5.69 Å². The molecule has 7 nitrogen and oxygen atoms in total. The first-order valence-electron chi connectivity index (χ1n) is 9.08. The zero-order chi connectivity index (χ0) is 21.3. The monoisotopic (exact) mass is 419 g/mol. The molecule has 30 heavy (non-hydrogen) atoms. The number of nitrogens with zero attached hydrogens (tertiary/aromatic N) is 3. The van der Waals surface area contributed by atoms with Gasteiger partial charge in [-0.25, -0.2) is 17.4 Å². The highest BCUT2D eigenvalue weighted by molar-refractivity contribution is 7.90. The summed E-state index contributed by atoms with van der Waals surface area (Å²) < 4.78 is 27.9. The Morgan fingerprint density at radius 2 is 1.50 bits per heavy atom. The van der Waals surface area contributed by atoms with E-state index < -0.39 is 14.9 Å². The third kappa shape index (κ3) is 3.60.